The number of hydrogen-bond acceptors (Lipinski definition) is 3. The fourth-order valence-corrected chi connectivity index (χ4v) is 1.17. The van der Waals surface area contributed by atoms with Crippen LogP contribution in [-0.4, -0.2) is 16.2 Å². The molecular formula is C8H6ClF2NO3. The zero-order valence-corrected chi connectivity index (χ0v) is 7.92. The highest BCUT2D eigenvalue weighted by molar-refractivity contribution is 6.32. The topological polar surface area (TPSA) is 83.6 Å². The van der Waals surface area contributed by atoms with E-state index in [0.717, 1.165) is 0 Å². The Kier molecular flexibility index (Phi) is 3.11. The molecule has 0 amide bonds. The first-order valence-corrected chi connectivity index (χ1v) is 4.08. The van der Waals surface area contributed by atoms with Gasteiger partial charge < -0.3 is 15.9 Å². The molecule has 0 radical (unpaired) electrons. The van der Waals surface area contributed by atoms with Gasteiger partial charge in [0.1, 0.15) is 16.8 Å². The molecule has 0 aliphatic rings. The minimum absolute atomic E-state index is 0.480. The van der Waals surface area contributed by atoms with Gasteiger partial charge in [-0.2, -0.15) is 0 Å². The molecule has 0 fully saturated rings. The Morgan fingerprint density at radius 1 is 1.53 bits per heavy atom. The third-order valence-corrected chi connectivity index (χ3v) is 2.11. The van der Waals surface area contributed by atoms with E-state index >= 15 is 0 Å². The maximum absolute atomic E-state index is 12.8. The predicted molar refractivity (Wildman–Crippen MR) is 47.6 cm³/mol. The molecule has 1 atom stereocenters. The summed E-state index contributed by atoms with van der Waals surface area (Å²) in [5, 5.41) is 16.9. The minimum atomic E-state index is -1.67. The van der Waals surface area contributed by atoms with E-state index in [0.29, 0.717) is 6.07 Å². The van der Waals surface area contributed by atoms with Crippen molar-refractivity contribution in [1.82, 2.24) is 0 Å². The summed E-state index contributed by atoms with van der Waals surface area (Å²) in [7, 11) is 0. The van der Waals surface area contributed by atoms with Gasteiger partial charge in [-0.3, -0.25) is 4.79 Å². The molecule has 4 N–H and O–H groups in total. The van der Waals surface area contributed by atoms with E-state index in [9.17, 15) is 18.7 Å². The van der Waals surface area contributed by atoms with Crippen molar-refractivity contribution in [3.63, 3.8) is 0 Å². The SMILES string of the molecule is NC(C(=O)O)c1cc(F)c(F)c(Cl)c1O. The molecular weight excluding hydrogens is 232 g/mol. The third-order valence-electron chi connectivity index (χ3n) is 1.77. The van der Waals surface area contributed by atoms with Crippen LogP contribution in [0.1, 0.15) is 11.6 Å². The van der Waals surface area contributed by atoms with Crippen molar-refractivity contribution in [3.05, 3.63) is 28.3 Å². The summed E-state index contributed by atoms with van der Waals surface area (Å²) >= 11 is 5.22. The fraction of sp³-hybridized carbons (Fsp3) is 0.125. The molecule has 1 unspecified atom stereocenters. The van der Waals surface area contributed by atoms with Crippen molar-refractivity contribution in [3.8, 4) is 5.75 Å². The molecule has 1 aromatic rings. The lowest BCUT2D eigenvalue weighted by Crippen LogP contribution is -2.21. The summed E-state index contributed by atoms with van der Waals surface area (Å²) in [6, 6.07) is -1.17. The third kappa shape index (κ3) is 2.00. The number of aliphatic carboxylic acids is 1. The predicted octanol–water partition coefficient (Wildman–Crippen LogP) is 1.41. The van der Waals surface area contributed by atoms with Crippen LogP contribution >= 0.6 is 11.6 Å². The molecule has 15 heavy (non-hydrogen) atoms. The maximum Gasteiger partial charge on any atom is 0.325 e. The van der Waals surface area contributed by atoms with Crippen LogP contribution in [0.2, 0.25) is 5.02 Å². The van der Waals surface area contributed by atoms with Gasteiger partial charge in [0.15, 0.2) is 11.6 Å². The summed E-state index contributed by atoms with van der Waals surface area (Å²) < 4.78 is 25.6. The van der Waals surface area contributed by atoms with Crippen LogP contribution in [0.3, 0.4) is 0 Å². The van der Waals surface area contributed by atoms with E-state index in [-0.39, 0.29) is 0 Å². The number of nitrogens with two attached hydrogens (primary N) is 1. The molecule has 4 nitrogen and oxygen atoms in total. The molecule has 0 aromatic heterocycles. The van der Waals surface area contributed by atoms with Crippen LogP contribution in [0.15, 0.2) is 6.07 Å². The Morgan fingerprint density at radius 3 is 2.53 bits per heavy atom. The average Bonchev–Trinajstić information content (AvgIpc) is 2.19. The van der Waals surface area contributed by atoms with Gasteiger partial charge in [-0.15, -0.1) is 0 Å². The highest BCUT2D eigenvalue weighted by Gasteiger charge is 2.24. The first-order valence-electron chi connectivity index (χ1n) is 3.71. The fourth-order valence-electron chi connectivity index (χ4n) is 0.974. The number of carboxylic acid groups (broad SMARTS) is 1. The lowest BCUT2D eigenvalue weighted by Gasteiger charge is -2.11. The lowest BCUT2D eigenvalue weighted by atomic mass is 10.1. The maximum atomic E-state index is 12.8. The summed E-state index contributed by atoms with van der Waals surface area (Å²) in [6.45, 7) is 0. The second kappa shape index (κ2) is 4.00. The van der Waals surface area contributed by atoms with Crippen molar-refractivity contribution in [2.75, 3.05) is 0 Å². The molecule has 7 heteroatoms. The van der Waals surface area contributed by atoms with Gasteiger partial charge in [-0.05, 0) is 6.07 Å². The van der Waals surface area contributed by atoms with Gasteiger partial charge in [-0.1, -0.05) is 11.6 Å². The van der Waals surface area contributed by atoms with E-state index < -0.39 is 40.0 Å². The Labute approximate surface area is 87.9 Å². The highest BCUT2D eigenvalue weighted by Crippen LogP contribution is 2.34. The number of carboxylic acids is 1. The molecule has 0 bridgehead atoms. The molecule has 0 spiro atoms. The highest BCUT2D eigenvalue weighted by atomic mass is 35.5. The second-order valence-electron chi connectivity index (χ2n) is 2.74. The van der Waals surface area contributed by atoms with Crippen LogP contribution < -0.4 is 5.73 Å². The number of benzene rings is 1. The van der Waals surface area contributed by atoms with Crippen LogP contribution in [-0.2, 0) is 4.79 Å². The zero-order chi connectivity index (χ0) is 11.7. The molecule has 0 aliphatic heterocycles. The first kappa shape index (κ1) is 11.7. The standard InChI is InChI=1S/C8H6ClF2NO3/c9-4-5(11)3(10)1-2(7(4)13)6(12)8(14)15/h1,6,13H,12H2,(H,14,15). The summed E-state index contributed by atoms with van der Waals surface area (Å²) in [5.41, 5.74) is 4.64. The van der Waals surface area contributed by atoms with Crippen LogP contribution in [0.4, 0.5) is 8.78 Å². The molecule has 1 aromatic carbocycles. The average molecular weight is 238 g/mol. The Hall–Kier alpha value is -1.40. The zero-order valence-electron chi connectivity index (χ0n) is 7.17. The van der Waals surface area contributed by atoms with E-state index in [2.05, 4.69) is 0 Å². The summed E-state index contributed by atoms with van der Waals surface area (Å²) in [4.78, 5) is 10.5. The molecule has 0 saturated heterocycles. The van der Waals surface area contributed by atoms with Gasteiger partial charge in [0.25, 0.3) is 0 Å². The number of rotatable bonds is 2. The Balaban J connectivity index is 3.38. The Morgan fingerprint density at radius 2 is 2.07 bits per heavy atom. The minimum Gasteiger partial charge on any atom is -0.506 e. The number of hydrogen-bond donors (Lipinski definition) is 3. The monoisotopic (exact) mass is 237 g/mol. The van der Waals surface area contributed by atoms with E-state index in [1.807, 2.05) is 0 Å². The molecule has 0 aliphatic carbocycles. The molecule has 0 heterocycles. The number of phenolic OH excluding ortho intramolecular Hbond substituents is 1. The summed E-state index contributed by atoms with van der Waals surface area (Å²) in [5.74, 6) is -5.18. The van der Waals surface area contributed by atoms with Gasteiger partial charge >= 0.3 is 5.97 Å². The van der Waals surface area contributed by atoms with E-state index in [1.54, 1.807) is 0 Å². The largest absolute Gasteiger partial charge is 0.506 e. The molecule has 0 saturated carbocycles. The van der Waals surface area contributed by atoms with Crippen LogP contribution in [0, 0.1) is 11.6 Å². The number of aromatic hydroxyl groups is 1. The van der Waals surface area contributed by atoms with Crippen molar-refractivity contribution >= 4 is 17.6 Å². The molecule has 82 valence electrons. The van der Waals surface area contributed by atoms with Gasteiger partial charge in [0.2, 0.25) is 0 Å². The van der Waals surface area contributed by atoms with Gasteiger partial charge in [-0.25, -0.2) is 8.78 Å². The number of carbonyl (C=O) groups is 1. The number of phenols is 1. The smallest absolute Gasteiger partial charge is 0.325 e. The normalized spacial score (nSPS) is 12.5. The first-order chi connectivity index (χ1) is 6.86. The van der Waals surface area contributed by atoms with Crippen molar-refractivity contribution < 1.29 is 23.8 Å². The lowest BCUT2D eigenvalue weighted by molar-refractivity contribution is -0.138. The Bertz CT molecular complexity index is 425. The van der Waals surface area contributed by atoms with Crippen molar-refractivity contribution in [2.45, 2.75) is 6.04 Å². The van der Waals surface area contributed by atoms with Crippen molar-refractivity contribution in [2.24, 2.45) is 5.73 Å². The van der Waals surface area contributed by atoms with Crippen LogP contribution in [0.25, 0.3) is 0 Å². The number of halogens is 3. The van der Waals surface area contributed by atoms with Crippen molar-refractivity contribution in [1.29, 1.82) is 0 Å². The van der Waals surface area contributed by atoms with E-state index in [1.165, 1.54) is 0 Å². The molecule has 1 rings (SSSR count). The van der Waals surface area contributed by atoms with Gasteiger partial charge in [0, 0.05) is 5.56 Å². The van der Waals surface area contributed by atoms with E-state index in [4.69, 9.17) is 22.4 Å². The second-order valence-corrected chi connectivity index (χ2v) is 3.12. The quantitative estimate of drug-likeness (QED) is 0.679. The van der Waals surface area contributed by atoms with Crippen LogP contribution in [0.5, 0.6) is 5.75 Å². The summed E-state index contributed by atoms with van der Waals surface area (Å²) in [6.07, 6.45) is 0. The van der Waals surface area contributed by atoms with Gasteiger partial charge in [0.05, 0.1) is 0 Å².